The molecule has 1 aliphatic rings. The average molecular weight is 502 g/mol. The number of aliphatic hydroxyl groups excluding tert-OH is 1. The van der Waals surface area contributed by atoms with E-state index in [1.807, 2.05) is 0 Å². The number of nitrogens with one attached hydrogen (secondary N) is 1. The molecule has 1 unspecified atom stereocenters. The number of carbonyl (C=O) groups is 1. The van der Waals surface area contributed by atoms with Gasteiger partial charge in [0.2, 0.25) is 15.8 Å². The zero-order chi connectivity index (χ0) is 25.3. The van der Waals surface area contributed by atoms with Gasteiger partial charge in [-0.3, -0.25) is 4.79 Å². The number of aromatic nitrogens is 5. The number of fused-ring (bicyclic) bond motifs is 1. The van der Waals surface area contributed by atoms with Crippen LogP contribution in [-0.2, 0) is 16.6 Å². The highest BCUT2D eigenvalue weighted by molar-refractivity contribution is 7.89. The molecule has 0 radical (unpaired) electrons. The van der Waals surface area contributed by atoms with Gasteiger partial charge in [0.15, 0.2) is 0 Å². The first-order valence-electron chi connectivity index (χ1n) is 11.2. The number of benzene rings is 1. The predicted molar refractivity (Wildman–Crippen MR) is 126 cm³/mol. The van der Waals surface area contributed by atoms with Gasteiger partial charge in [-0.25, -0.2) is 18.1 Å². The van der Waals surface area contributed by atoms with Crippen LogP contribution < -0.4 is 10.1 Å². The molecule has 0 aliphatic carbocycles. The van der Waals surface area contributed by atoms with Crippen LogP contribution in [-0.4, -0.2) is 68.2 Å². The normalized spacial score (nSPS) is 15.7. The number of tetrazole rings is 1. The van der Waals surface area contributed by atoms with Crippen molar-refractivity contribution in [1.82, 2.24) is 29.5 Å². The van der Waals surface area contributed by atoms with Gasteiger partial charge in [-0.2, -0.15) is 4.31 Å². The summed E-state index contributed by atoms with van der Waals surface area (Å²) in [5.74, 6) is 0.271. The number of ether oxygens (including phenoxy) is 1. The number of amides is 1. The van der Waals surface area contributed by atoms with Crippen molar-refractivity contribution in [2.45, 2.75) is 51.2 Å². The van der Waals surface area contributed by atoms with E-state index in [1.54, 1.807) is 52.0 Å². The third kappa shape index (κ3) is 4.61. The minimum absolute atomic E-state index is 0.0886. The second-order valence-electron chi connectivity index (χ2n) is 8.37. The summed E-state index contributed by atoms with van der Waals surface area (Å²) in [5.41, 5.74) is 1.07. The summed E-state index contributed by atoms with van der Waals surface area (Å²) in [6.07, 6.45) is 0. The summed E-state index contributed by atoms with van der Waals surface area (Å²) in [4.78, 5) is 17.8. The largest absolute Gasteiger partial charge is 0.493 e. The van der Waals surface area contributed by atoms with Gasteiger partial charge in [0, 0.05) is 12.6 Å². The van der Waals surface area contributed by atoms with Gasteiger partial charge in [-0.1, -0.05) is 6.07 Å². The van der Waals surface area contributed by atoms with E-state index in [4.69, 9.17) is 4.74 Å². The lowest BCUT2D eigenvalue weighted by Crippen LogP contribution is -2.31. The number of carbonyl (C=O) groups excluding carboxylic acids is 1. The number of sulfonamides is 1. The van der Waals surface area contributed by atoms with E-state index in [9.17, 15) is 18.3 Å². The zero-order valence-corrected chi connectivity index (χ0v) is 20.7. The van der Waals surface area contributed by atoms with E-state index >= 15 is 0 Å². The third-order valence-corrected chi connectivity index (χ3v) is 7.69. The van der Waals surface area contributed by atoms with E-state index in [1.165, 1.54) is 15.1 Å². The average Bonchev–Trinajstić information content (AvgIpc) is 3.41. The van der Waals surface area contributed by atoms with Crippen LogP contribution in [0.4, 0.5) is 5.82 Å². The monoisotopic (exact) mass is 501 g/mol. The SMILES string of the molecule is CCOc1cc2c(cc1C(=O)Nc1cccc(-c3nnnn3C(C)CO)n1)S(=O)(=O)N(C(C)C)C2. The number of anilines is 1. The number of hydrogen-bond donors (Lipinski definition) is 2. The molecule has 0 fully saturated rings. The van der Waals surface area contributed by atoms with Crippen LogP contribution in [0.25, 0.3) is 11.5 Å². The Morgan fingerprint density at radius 3 is 2.71 bits per heavy atom. The lowest BCUT2D eigenvalue weighted by Gasteiger charge is -2.18. The van der Waals surface area contributed by atoms with Gasteiger partial charge in [0.1, 0.15) is 17.3 Å². The Hall–Kier alpha value is -3.42. The maximum atomic E-state index is 13.2. The van der Waals surface area contributed by atoms with Crippen LogP contribution >= 0.6 is 0 Å². The first kappa shape index (κ1) is 24.7. The molecule has 0 saturated carbocycles. The molecule has 1 atom stereocenters. The molecule has 13 heteroatoms. The van der Waals surface area contributed by atoms with E-state index in [0.29, 0.717) is 29.4 Å². The molecule has 3 heterocycles. The van der Waals surface area contributed by atoms with Crippen molar-refractivity contribution in [3.05, 3.63) is 41.5 Å². The van der Waals surface area contributed by atoms with Crippen molar-refractivity contribution in [3.8, 4) is 17.3 Å². The van der Waals surface area contributed by atoms with Crippen molar-refractivity contribution in [2.24, 2.45) is 0 Å². The summed E-state index contributed by atoms with van der Waals surface area (Å²) >= 11 is 0. The molecule has 0 spiro atoms. The summed E-state index contributed by atoms with van der Waals surface area (Å²) in [7, 11) is -3.72. The number of aliphatic hydroxyl groups is 1. The summed E-state index contributed by atoms with van der Waals surface area (Å²) in [6.45, 7) is 7.51. The minimum Gasteiger partial charge on any atom is -0.493 e. The van der Waals surface area contributed by atoms with Gasteiger partial charge < -0.3 is 15.2 Å². The Labute approximate surface area is 203 Å². The quantitative estimate of drug-likeness (QED) is 0.471. The van der Waals surface area contributed by atoms with Crippen LogP contribution in [0.3, 0.4) is 0 Å². The van der Waals surface area contributed by atoms with Crippen LogP contribution in [0, 0.1) is 0 Å². The van der Waals surface area contributed by atoms with Gasteiger partial charge >= 0.3 is 0 Å². The van der Waals surface area contributed by atoms with Crippen molar-refractivity contribution < 1.29 is 23.1 Å². The molecule has 1 aliphatic heterocycles. The summed E-state index contributed by atoms with van der Waals surface area (Å²) in [5, 5.41) is 23.7. The predicted octanol–water partition coefficient (Wildman–Crippen LogP) is 1.85. The lowest BCUT2D eigenvalue weighted by atomic mass is 10.1. The van der Waals surface area contributed by atoms with E-state index < -0.39 is 15.9 Å². The molecule has 1 amide bonds. The van der Waals surface area contributed by atoms with Crippen LogP contribution in [0.2, 0.25) is 0 Å². The summed E-state index contributed by atoms with van der Waals surface area (Å²) in [6, 6.07) is 7.33. The molecule has 3 aromatic rings. The van der Waals surface area contributed by atoms with Gasteiger partial charge in [0.25, 0.3) is 5.91 Å². The minimum atomic E-state index is -3.72. The lowest BCUT2D eigenvalue weighted by molar-refractivity contribution is 0.102. The Morgan fingerprint density at radius 2 is 2.03 bits per heavy atom. The number of rotatable bonds is 8. The highest BCUT2D eigenvalue weighted by Gasteiger charge is 2.38. The fraction of sp³-hybridized carbons (Fsp3) is 0.409. The molecule has 186 valence electrons. The molecule has 2 N–H and O–H groups in total. The smallest absolute Gasteiger partial charge is 0.260 e. The molecule has 2 aromatic heterocycles. The van der Waals surface area contributed by atoms with E-state index in [-0.39, 0.29) is 41.5 Å². The van der Waals surface area contributed by atoms with Crippen molar-refractivity contribution in [2.75, 3.05) is 18.5 Å². The fourth-order valence-electron chi connectivity index (χ4n) is 3.81. The first-order chi connectivity index (χ1) is 16.7. The topological polar surface area (TPSA) is 152 Å². The van der Waals surface area contributed by atoms with Crippen LogP contribution in [0.1, 0.15) is 49.7 Å². The molecule has 0 saturated heterocycles. The molecular formula is C22H27N7O5S. The fourth-order valence-corrected chi connectivity index (χ4v) is 5.64. The highest BCUT2D eigenvalue weighted by atomic mass is 32.2. The van der Waals surface area contributed by atoms with Crippen LogP contribution in [0.15, 0.2) is 35.2 Å². The highest BCUT2D eigenvalue weighted by Crippen LogP contribution is 2.36. The van der Waals surface area contributed by atoms with Crippen molar-refractivity contribution in [1.29, 1.82) is 0 Å². The molecular weight excluding hydrogens is 474 g/mol. The molecule has 1 aromatic carbocycles. The van der Waals surface area contributed by atoms with E-state index in [0.717, 1.165) is 0 Å². The number of hydrogen-bond acceptors (Lipinski definition) is 9. The van der Waals surface area contributed by atoms with Crippen molar-refractivity contribution >= 4 is 21.7 Å². The first-order valence-corrected chi connectivity index (χ1v) is 12.6. The van der Waals surface area contributed by atoms with Gasteiger partial charge in [-0.15, -0.1) is 5.10 Å². The molecule has 4 rings (SSSR count). The van der Waals surface area contributed by atoms with Gasteiger partial charge in [-0.05, 0) is 68.0 Å². The second kappa shape index (κ2) is 9.68. The molecule has 35 heavy (non-hydrogen) atoms. The van der Waals surface area contributed by atoms with Crippen LogP contribution in [0.5, 0.6) is 5.75 Å². The summed E-state index contributed by atoms with van der Waals surface area (Å²) < 4.78 is 34.5. The standard InChI is InChI=1S/C22H27N7O5S/c1-5-34-18-9-15-11-28(13(2)3)35(32,33)19(15)10-16(18)22(31)24-20-8-6-7-17(23-20)21-25-26-27-29(21)14(4)12-30/h6-10,13-14,30H,5,11-12H2,1-4H3,(H,23,24,31). The number of nitrogens with zero attached hydrogens (tertiary/aromatic N) is 6. The Kier molecular flexibility index (Phi) is 6.83. The van der Waals surface area contributed by atoms with Gasteiger partial charge in [0.05, 0.1) is 29.7 Å². The number of pyridine rings is 1. The second-order valence-corrected chi connectivity index (χ2v) is 10.2. The molecule has 0 bridgehead atoms. The van der Waals surface area contributed by atoms with Crippen molar-refractivity contribution in [3.63, 3.8) is 0 Å². The Balaban J connectivity index is 1.67. The maximum Gasteiger partial charge on any atom is 0.260 e. The Morgan fingerprint density at radius 1 is 1.26 bits per heavy atom. The zero-order valence-electron chi connectivity index (χ0n) is 19.8. The Bertz CT molecular complexity index is 1360. The molecule has 12 nitrogen and oxygen atoms in total. The maximum absolute atomic E-state index is 13.2. The third-order valence-electron chi connectivity index (χ3n) is 5.59. The van der Waals surface area contributed by atoms with E-state index in [2.05, 4.69) is 25.8 Å².